The molecule has 0 aliphatic heterocycles. The minimum Gasteiger partial charge on any atom is -0.507 e. The second-order valence-corrected chi connectivity index (χ2v) is 6.11. The average Bonchev–Trinajstić information content (AvgIpc) is 2.62. The van der Waals surface area contributed by atoms with Gasteiger partial charge in [0.25, 0.3) is 5.91 Å². The van der Waals surface area contributed by atoms with Crippen LogP contribution in [0.5, 0.6) is 11.5 Å². The second-order valence-electron chi connectivity index (χ2n) is 6.11. The highest BCUT2D eigenvalue weighted by Gasteiger charge is 2.08. The summed E-state index contributed by atoms with van der Waals surface area (Å²) in [6, 6.07) is 18.2. The van der Waals surface area contributed by atoms with Crippen LogP contribution in [-0.2, 0) is 0 Å². The quantitative estimate of drug-likeness (QED) is 0.539. The molecule has 0 bridgehead atoms. The molecule has 3 aromatic carbocycles. The summed E-state index contributed by atoms with van der Waals surface area (Å²) < 4.78 is 5.52. The summed E-state index contributed by atoms with van der Waals surface area (Å²) in [5.74, 6) is 0.304. The molecule has 132 valence electrons. The Morgan fingerprint density at radius 3 is 2.65 bits per heavy atom. The first-order valence-corrected chi connectivity index (χ1v) is 8.35. The summed E-state index contributed by atoms with van der Waals surface area (Å²) in [6.45, 7) is 3.82. The molecule has 0 aromatic heterocycles. The Morgan fingerprint density at radius 1 is 1.12 bits per heavy atom. The van der Waals surface area contributed by atoms with Crippen molar-refractivity contribution >= 4 is 22.9 Å². The Morgan fingerprint density at radius 2 is 1.88 bits per heavy atom. The molecule has 2 N–H and O–H groups in total. The lowest BCUT2D eigenvalue weighted by molar-refractivity contribution is 0.0956. The van der Waals surface area contributed by atoms with Crippen molar-refractivity contribution in [2.45, 2.75) is 20.0 Å². The van der Waals surface area contributed by atoms with Crippen molar-refractivity contribution < 1.29 is 14.6 Å². The molecular formula is C21H20N2O3. The number of phenols is 1. The van der Waals surface area contributed by atoms with E-state index in [-0.39, 0.29) is 17.8 Å². The third kappa shape index (κ3) is 4.00. The molecule has 0 aliphatic carbocycles. The van der Waals surface area contributed by atoms with Crippen LogP contribution in [0.25, 0.3) is 10.8 Å². The van der Waals surface area contributed by atoms with E-state index in [4.69, 9.17) is 4.74 Å². The predicted molar refractivity (Wildman–Crippen MR) is 103 cm³/mol. The van der Waals surface area contributed by atoms with Gasteiger partial charge in [0, 0.05) is 17.2 Å². The molecular weight excluding hydrogens is 328 g/mol. The van der Waals surface area contributed by atoms with Crippen molar-refractivity contribution in [1.82, 2.24) is 5.43 Å². The highest BCUT2D eigenvalue weighted by Crippen LogP contribution is 2.23. The topological polar surface area (TPSA) is 70.9 Å². The average molecular weight is 348 g/mol. The standard InChI is InChI=1S/C21H20N2O3/c1-14(2)26-17-11-10-16(20(24)12-17)13-22-23-21(25)19-9-5-7-15-6-3-4-8-18(15)19/h3-14,24H,1-2H3,(H,23,25)/b22-13-. The maximum absolute atomic E-state index is 12.4. The number of amides is 1. The maximum atomic E-state index is 12.4. The predicted octanol–water partition coefficient (Wildman–Crippen LogP) is 4.10. The number of carbonyl (C=O) groups is 1. The molecule has 0 atom stereocenters. The fraction of sp³-hybridized carbons (Fsp3) is 0.143. The van der Waals surface area contributed by atoms with Crippen LogP contribution in [0.2, 0.25) is 0 Å². The minimum absolute atomic E-state index is 0.0221. The number of nitrogens with zero attached hydrogens (tertiary/aromatic N) is 1. The van der Waals surface area contributed by atoms with E-state index in [1.54, 1.807) is 18.2 Å². The number of hydrogen-bond acceptors (Lipinski definition) is 4. The van der Waals surface area contributed by atoms with Gasteiger partial charge in [0.2, 0.25) is 0 Å². The van der Waals surface area contributed by atoms with Crippen LogP contribution < -0.4 is 10.2 Å². The van der Waals surface area contributed by atoms with Gasteiger partial charge in [-0.2, -0.15) is 5.10 Å². The summed E-state index contributed by atoms with van der Waals surface area (Å²) in [6.07, 6.45) is 1.42. The number of phenolic OH excluding ortho intramolecular Hbond substituents is 1. The van der Waals surface area contributed by atoms with Crippen molar-refractivity contribution in [3.05, 3.63) is 71.8 Å². The molecule has 5 heteroatoms. The van der Waals surface area contributed by atoms with Gasteiger partial charge in [0.05, 0.1) is 12.3 Å². The minimum atomic E-state index is -0.308. The smallest absolute Gasteiger partial charge is 0.271 e. The third-order valence-corrected chi connectivity index (χ3v) is 3.78. The van der Waals surface area contributed by atoms with Crippen LogP contribution in [0.3, 0.4) is 0 Å². The van der Waals surface area contributed by atoms with Gasteiger partial charge in [-0.15, -0.1) is 0 Å². The summed E-state index contributed by atoms with van der Waals surface area (Å²) >= 11 is 0. The van der Waals surface area contributed by atoms with Gasteiger partial charge in [0.1, 0.15) is 11.5 Å². The van der Waals surface area contributed by atoms with Gasteiger partial charge in [-0.25, -0.2) is 5.43 Å². The number of hydrogen-bond donors (Lipinski definition) is 2. The van der Waals surface area contributed by atoms with Crippen LogP contribution in [-0.4, -0.2) is 23.3 Å². The monoisotopic (exact) mass is 348 g/mol. The van der Waals surface area contributed by atoms with Crippen LogP contribution in [0.4, 0.5) is 0 Å². The SMILES string of the molecule is CC(C)Oc1ccc(/C=N\NC(=O)c2cccc3ccccc23)c(O)c1. The Kier molecular flexibility index (Phi) is 5.17. The molecule has 5 nitrogen and oxygen atoms in total. The number of rotatable bonds is 5. The number of carbonyl (C=O) groups excluding carboxylic acids is 1. The van der Waals surface area contributed by atoms with Crippen LogP contribution >= 0.6 is 0 Å². The molecule has 3 aromatic rings. The molecule has 3 rings (SSSR count). The van der Waals surface area contributed by atoms with Crippen molar-refractivity contribution in [1.29, 1.82) is 0 Å². The molecule has 0 radical (unpaired) electrons. The second kappa shape index (κ2) is 7.70. The van der Waals surface area contributed by atoms with Gasteiger partial charge >= 0.3 is 0 Å². The number of aromatic hydroxyl groups is 1. The zero-order chi connectivity index (χ0) is 18.5. The van der Waals surface area contributed by atoms with E-state index in [9.17, 15) is 9.90 Å². The van der Waals surface area contributed by atoms with E-state index in [0.717, 1.165) is 10.8 Å². The maximum Gasteiger partial charge on any atom is 0.271 e. The highest BCUT2D eigenvalue weighted by molar-refractivity contribution is 6.07. The van der Waals surface area contributed by atoms with E-state index in [1.165, 1.54) is 12.3 Å². The molecule has 26 heavy (non-hydrogen) atoms. The van der Waals surface area contributed by atoms with Gasteiger partial charge in [-0.1, -0.05) is 36.4 Å². The molecule has 0 fully saturated rings. The molecule has 0 aliphatic rings. The van der Waals surface area contributed by atoms with Crippen molar-refractivity contribution in [2.75, 3.05) is 0 Å². The van der Waals surface area contributed by atoms with Crippen LogP contribution in [0.1, 0.15) is 29.8 Å². The molecule has 0 saturated heterocycles. The lowest BCUT2D eigenvalue weighted by atomic mass is 10.0. The Labute approximate surface area is 151 Å². The van der Waals surface area contributed by atoms with E-state index in [0.29, 0.717) is 16.9 Å². The lowest BCUT2D eigenvalue weighted by Crippen LogP contribution is -2.17. The van der Waals surface area contributed by atoms with Crippen molar-refractivity contribution in [2.24, 2.45) is 5.10 Å². The van der Waals surface area contributed by atoms with Crippen LogP contribution in [0.15, 0.2) is 65.8 Å². The van der Waals surface area contributed by atoms with E-state index in [1.807, 2.05) is 50.2 Å². The van der Waals surface area contributed by atoms with Gasteiger partial charge in [-0.05, 0) is 42.8 Å². The normalized spacial score (nSPS) is 11.2. The van der Waals surface area contributed by atoms with Crippen LogP contribution in [0, 0.1) is 0 Å². The first kappa shape index (κ1) is 17.5. The van der Waals surface area contributed by atoms with Gasteiger partial charge in [-0.3, -0.25) is 4.79 Å². The molecule has 0 spiro atoms. The number of benzene rings is 3. The molecule has 0 heterocycles. The lowest BCUT2D eigenvalue weighted by Gasteiger charge is -2.10. The third-order valence-electron chi connectivity index (χ3n) is 3.78. The van der Waals surface area contributed by atoms with Crippen molar-refractivity contribution in [3.63, 3.8) is 0 Å². The summed E-state index contributed by atoms with van der Waals surface area (Å²) in [7, 11) is 0. The fourth-order valence-corrected chi connectivity index (χ4v) is 2.62. The fourth-order valence-electron chi connectivity index (χ4n) is 2.62. The zero-order valence-electron chi connectivity index (χ0n) is 14.6. The molecule has 0 unspecified atom stereocenters. The summed E-state index contributed by atoms with van der Waals surface area (Å²) in [4.78, 5) is 12.4. The Balaban J connectivity index is 1.73. The number of fused-ring (bicyclic) bond motifs is 1. The zero-order valence-corrected chi connectivity index (χ0v) is 14.6. The highest BCUT2D eigenvalue weighted by atomic mass is 16.5. The summed E-state index contributed by atoms with van der Waals surface area (Å²) in [5.41, 5.74) is 3.53. The molecule has 0 saturated carbocycles. The van der Waals surface area contributed by atoms with E-state index >= 15 is 0 Å². The first-order valence-electron chi connectivity index (χ1n) is 8.35. The van der Waals surface area contributed by atoms with E-state index in [2.05, 4.69) is 10.5 Å². The number of nitrogens with one attached hydrogen (secondary N) is 1. The van der Waals surface area contributed by atoms with Crippen molar-refractivity contribution in [3.8, 4) is 11.5 Å². The van der Waals surface area contributed by atoms with Gasteiger partial charge < -0.3 is 9.84 Å². The van der Waals surface area contributed by atoms with Gasteiger partial charge in [0.15, 0.2) is 0 Å². The molecule has 1 amide bonds. The number of ether oxygens (including phenoxy) is 1. The number of hydrazone groups is 1. The largest absolute Gasteiger partial charge is 0.507 e. The van der Waals surface area contributed by atoms with E-state index < -0.39 is 0 Å². The first-order chi connectivity index (χ1) is 12.5. The summed E-state index contributed by atoms with van der Waals surface area (Å²) in [5, 5.41) is 15.8. The Bertz CT molecular complexity index is 959. The Hall–Kier alpha value is -3.34.